The van der Waals surface area contributed by atoms with Gasteiger partial charge in [-0.15, -0.1) is 0 Å². The number of carbonyl (C=O) groups excluding carboxylic acids is 1. The molecule has 7 nitrogen and oxygen atoms in total. The number of hydrogen-bond acceptors (Lipinski definition) is 5. The smallest absolute Gasteiger partial charge is 0.327 e. The Kier molecular flexibility index (Phi) is 4.71. The molecule has 0 saturated heterocycles. The average Bonchev–Trinajstić information content (AvgIpc) is 3.00. The minimum atomic E-state index is -1.13. The Morgan fingerprint density at radius 3 is 2.76 bits per heavy atom. The number of carbonyl (C=O) groups is 2. The Balaban J connectivity index is 1.92. The summed E-state index contributed by atoms with van der Waals surface area (Å²) in [5.74, 6) is -1.06. The fourth-order valence-corrected chi connectivity index (χ4v) is 2.71. The number of hydrogen-bond donors (Lipinski definition) is 3. The van der Waals surface area contributed by atoms with Gasteiger partial charge < -0.3 is 10.4 Å². The Morgan fingerprint density at radius 2 is 2.04 bits per heavy atom. The molecular weight excluding hydrogens is 340 g/mol. The molecule has 3 rings (SSSR count). The Hall–Kier alpha value is -2.87. The third-order valence-electron chi connectivity index (χ3n) is 3.84. The zero-order valence-electron chi connectivity index (χ0n) is 13.4. The Bertz CT molecular complexity index is 954. The molecule has 1 aromatic carbocycles. The summed E-state index contributed by atoms with van der Waals surface area (Å²) < 4.78 is 1.55. The van der Waals surface area contributed by atoms with Crippen LogP contribution in [0.1, 0.15) is 16.1 Å². The van der Waals surface area contributed by atoms with E-state index >= 15 is 0 Å². The highest BCUT2D eigenvalue weighted by Gasteiger charge is 2.22. The fraction of sp³-hybridized carbons (Fsp3) is 0.176. The van der Waals surface area contributed by atoms with Crippen LogP contribution in [0.5, 0.6) is 0 Å². The standard InChI is InChI=1S/C17H16N4O3S/c1-10-12(16(22)20-14(9-25)17(23)24)8-18-21(10)15-7-6-11-4-2-3-5-13(11)19-15/h2-8,14,25H,9H2,1H3,(H,20,22)(H,23,24). The minimum Gasteiger partial charge on any atom is -0.480 e. The summed E-state index contributed by atoms with van der Waals surface area (Å²) in [7, 11) is 0. The van der Waals surface area contributed by atoms with Gasteiger partial charge in [-0.1, -0.05) is 18.2 Å². The molecule has 1 atom stereocenters. The van der Waals surface area contributed by atoms with Crippen molar-refractivity contribution in [3.8, 4) is 5.82 Å². The molecule has 2 heterocycles. The number of thiol groups is 1. The van der Waals surface area contributed by atoms with Crippen LogP contribution in [-0.4, -0.2) is 43.5 Å². The van der Waals surface area contributed by atoms with Crippen LogP contribution >= 0.6 is 12.6 Å². The fourth-order valence-electron chi connectivity index (χ4n) is 2.46. The lowest BCUT2D eigenvalue weighted by Crippen LogP contribution is -2.42. The van der Waals surface area contributed by atoms with Crippen LogP contribution in [0.2, 0.25) is 0 Å². The van der Waals surface area contributed by atoms with Gasteiger partial charge in [-0.05, 0) is 25.1 Å². The van der Waals surface area contributed by atoms with Crippen LogP contribution in [0, 0.1) is 6.92 Å². The lowest BCUT2D eigenvalue weighted by Gasteiger charge is -2.11. The maximum atomic E-state index is 12.3. The normalized spacial score (nSPS) is 12.1. The number of carboxylic acids is 1. The minimum absolute atomic E-state index is 0.000484. The summed E-state index contributed by atoms with van der Waals surface area (Å²) in [6, 6.07) is 10.4. The van der Waals surface area contributed by atoms with Gasteiger partial charge in [0.15, 0.2) is 5.82 Å². The lowest BCUT2D eigenvalue weighted by atomic mass is 10.2. The van der Waals surface area contributed by atoms with Crippen molar-refractivity contribution in [2.24, 2.45) is 0 Å². The SMILES string of the molecule is Cc1c(C(=O)NC(CS)C(=O)O)cnn1-c1ccc2ccccc2n1. The molecule has 2 aromatic heterocycles. The number of rotatable bonds is 5. The molecule has 1 amide bonds. The van der Waals surface area contributed by atoms with Gasteiger partial charge >= 0.3 is 5.97 Å². The maximum Gasteiger partial charge on any atom is 0.327 e. The molecule has 0 spiro atoms. The number of benzene rings is 1. The number of nitrogens with zero attached hydrogens (tertiary/aromatic N) is 3. The third kappa shape index (κ3) is 3.34. The first-order chi connectivity index (χ1) is 12.0. The van der Waals surface area contributed by atoms with Crippen molar-refractivity contribution in [3.05, 3.63) is 53.9 Å². The summed E-state index contributed by atoms with van der Waals surface area (Å²) in [6.45, 7) is 1.73. The summed E-state index contributed by atoms with van der Waals surface area (Å²) in [5.41, 5.74) is 1.69. The first-order valence-electron chi connectivity index (χ1n) is 7.56. The maximum absolute atomic E-state index is 12.3. The van der Waals surface area contributed by atoms with Gasteiger partial charge in [-0.3, -0.25) is 4.79 Å². The topological polar surface area (TPSA) is 97.1 Å². The first kappa shape index (κ1) is 17.0. The predicted molar refractivity (Wildman–Crippen MR) is 96.3 cm³/mol. The van der Waals surface area contributed by atoms with E-state index in [2.05, 4.69) is 28.0 Å². The van der Waals surface area contributed by atoms with E-state index in [0.29, 0.717) is 17.1 Å². The zero-order chi connectivity index (χ0) is 18.0. The molecule has 2 N–H and O–H groups in total. The van der Waals surface area contributed by atoms with Crippen molar-refractivity contribution in [1.82, 2.24) is 20.1 Å². The Morgan fingerprint density at radius 1 is 1.28 bits per heavy atom. The van der Waals surface area contributed by atoms with Crippen LogP contribution in [0.3, 0.4) is 0 Å². The number of fused-ring (bicyclic) bond motifs is 1. The summed E-state index contributed by atoms with van der Waals surface area (Å²) in [4.78, 5) is 27.9. The largest absolute Gasteiger partial charge is 0.480 e. The zero-order valence-corrected chi connectivity index (χ0v) is 14.3. The molecule has 1 unspecified atom stereocenters. The van der Waals surface area contributed by atoms with Crippen molar-refractivity contribution >= 4 is 35.4 Å². The van der Waals surface area contributed by atoms with Gasteiger partial charge in [0.25, 0.3) is 5.91 Å². The highest BCUT2D eigenvalue weighted by atomic mass is 32.1. The van der Waals surface area contributed by atoms with E-state index in [1.807, 2.05) is 36.4 Å². The molecule has 25 heavy (non-hydrogen) atoms. The number of pyridine rings is 1. The first-order valence-corrected chi connectivity index (χ1v) is 8.20. The van der Waals surface area contributed by atoms with E-state index < -0.39 is 17.9 Å². The molecule has 0 radical (unpaired) electrons. The molecule has 0 aliphatic rings. The second-order valence-electron chi connectivity index (χ2n) is 5.46. The lowest BCUT2D eigenvalue weighted by molar-refractivity contribution is -0.138. The van der Waals surface area contributed by atoms with Crippen LogP contribution in [0.4, 0.5) is 0 Å². The molecule has 8 heteroatoms. The highest BCUT2D eigenvalue weighted by molar-refractivity contribution is 7.80. The number of para-hydroxylation sites is 1. The second-order valence-corrected chi connectivity index (χ2v) is 5.83. The third-order valence-corrected chi connectivity index (χ3v) is 4.21. The molecule has 128 valence electrons. The molecule has 0 aliphatic carbocycles. The summed E-state index contributed by atoms with van der Waals surface area (Å²) >= 11 is 3.94. The van der Waals surface area contributed by atoms with E-state index in [4.69, 9.17) is 5.11 Å². The molecule has 0 bridgehead atoms. The van der Waals surface area contributed by atoms with Crippen molar-refractivity contribution in [2.45, 2.75) is 13.0 Å². The van der Waals surface area contributed by atoms with E-state index in [9.17, 15) is 9.59 Å². The highest BCUT2D eigenvalue weighted by Crippen LogP contribution is 2.17. The molecule has 0 aliphatic heterocycles. The Labute approximate surface area is 149 Å². The van der Waals surface area contributed by atoms with Crippen molar-refractivity contribution < 1.29 is 14.7 Å². The van der Waals surface area contributed by atoms with Gasteiger partial charge in [0.2, 0.25) is 0 Å². The number of aliphatic carboxylic acids is 1. The van der Waals surface area contributed by atoms with Crippen molar-refractivity contribution in [2.75, 3.05) is 5.75 Å². The quantitative estimate of drug-likeness (QED) is 0.606. The van der Waals surface area contributed by atoms with Crippen LogP contribution in [0.15, 0.2) is 42.6 Å². The van der Waals surface area contributed by atoms with Crippen molar-refractivity contribution in [1.29, 1.82) is 0 Å². The number of aromatic nitrogens is 3. The van der Waals surface area contributed by atoms with Gasteiger partial charge in [-0.25, -0.2) is 14.5 Å². The molecule has 0 fully saturated rings. The van der Waals surface area contributed by atoms with Crippen LogP contribution in [-0.2, 0) is 4.79 Å². The van der Waals surface area contributed by atoms with Gasteiger partial charge in [0, 0.05) is 11.1 Å². The molecule has 3 aromatic rings. The van der Waals surface area contributed by atoms with Gasteiger partial charge in [-0.2, -0.15) is 17.7 Å². The molecular formula is C17H16N4O3S. The van der Waals surface area contributed by atoms with Crippen LogP contribution in [0.25, 0.3) is 16.7 Å². The van der Waals surface area contributed by atoms with E-state index in [0.717, 1.165) is 10.9 Å². The van der Waals surface area contributed by atoms with Gasteiger partial charge in [0.05, 0.1) is 23.0 Å². The van der Waals surface area contributed by atoms with Crippen LogP contribution < -0.4 is 5.32 Å². The number of amides is 1. The van der Waals surface area contributed by atoms with Crippen molar-refractivity contribution in [3.63, 3.8) is 0 Å². The summed E-state index contributed by atoms with van der Waals surface area (Å²) in [5, 5.41) is 16.7. The second kappa shape index (κ2) is 6.94. The molecule has 0 saturated carbocycles. The van der Waals surface area contributed by atoms with E-state index in [-0.39, 0.29) is 5.75 Å². The van der Waals surface area contributed by atoms with E-state index in [1.54, 1.807) is 11.6 Å². The monoisotopic (exact) mass is 356 g/mol. The predicted octanol–water partition coefficient (Wildman–Crippen LogP) is 1.84. The van der Waals surface area contributed by atoms with E-state index in [1.165, 1.54) is 6.20 Å². The summed E-state index contributed by atoms with van der Waals surface area (Å²) in [6.07, 6.45) is 1.40. The van der Waals surface area contributed by atoms with Gasteiger partial charge in [0.1, 0.15) is 6.04 Å². The average molecular weight is 356 g/mol. The number of carboxylic acid groups (broad SMARTS) is 1. The number of nitrogens with one attached hydrogen (secondary N) is 1.